The van der Waals surface area contributed by atoms with Gasteiger partial charge in [0, 0.05) is 6.20 Å². The Kier molecular flexibility index (Phi) is 8.04. The largest absolute Gasteiger partial charge is 0.482 e. The van der Waals surface area contributed by atoms with E-state index in [1.54, 1.807) is 18.2 Å². The first kappa shape index (κ1) is 26.8. The number of para-hydroxylation sites is 2. The zero-order valence-electron chi connectivity index (χ0n) is 20.7. The van der Waals surface area contributed by atoms with Gasteiger partial charge in [0.2, 0.25) is 11.6 Å². The Balaban J connectivity index is 0.00000336. The summed E-state index contributed by atoms with van der Waals surface area (Å²) in [6.45, 7) is 4.11. The lowest BCUT2D eigenvalue weighted by Gasteiger charge is -2.23. The van der Waals surface area contributed by atoms with Crippen molar-refractivity contribution in [3.8, 4) is 5.75 Å². The molecule has 0 bridgehead atoms. The molecule has 4 N–H and O–H groups in total. The maximum Gasteiger partial charge on any atom is 0.240 e. The van der Waals surface area contributed by atoms with Gasteiger partial charge in [-0.15, -0.1) is 10.2 Å². The summed E-state index contributed by atoms with van der Waals surface area (Å²) in [5.41, 5.74) is 8.33. The Morgan fingerprint density at radius 3 is 2.58 bits per heavy atom. The normalized spacial score (nSPS) is 12.3. The van der Waals surface area contributed by atoms with Gasteiger partial charge in [0.15, 0.2) is 11.6 Å². The molecular formula is C28H33N7O3. The molecule has 0 aliphatic rings. The highest BCUT2D eigenvalue weighted by atomic mass is 16.5. The number of carbonyl (C=O) groups is 1. The number of nitrogens with one attached hydrogen (secondary N) is 2. The van der Waals surface area contributed by atoms with Gasteiger partial charge in [-0.3, -0.25) is 9.20 Å². The molecule has 1 amide bonds. The fraction of sp³-hybridized carbons (Fsp3) is 0.286. The molecule has 3 aromatic heterocycles. The average Bonchev–Trinajstić information content (AvgIpc) is 3.51. The molecule has 198 valence electrons. The highest BCUT2D eigenvalue weighted by molar-refractivity contribution is 5.85. The Morgan fingerprint density at radius 2 is 1.82 bits per heavy atom. The number of nitrogens with two attached hydrogens (primary N) is 1. The van der Waals surface area contributed by atoms with E-state index in [1.807, 2.05) is 72.9 Å². The van der Waals surface area contributed by atoms with Crippen LogP contribution in [0.2, 0.25) is 0 Å². The van der Waals surface area contributed by atoms with Crippen LogP contribution in [0, 0.1) is 0 Å². The quantitative estimate of drug-likeness (QED) is 0.257. The molecule has 1 atom stereocenters. The van der Waals surface area contributed by atoms with Gasteiger partial charge in [-0.1, -0.05) is 49.9 Å². The number of pyridine rings is 1. The number of aromatic amines is 1. The Morgan fingerprint density at radius 1 is 1.05 bits per heavy atom. The fourth-order valence-corrected chi connectivity index (χ4v) is 3.87. The van der Waals surface area contributed by atoms with Gasteiger partial charge in [0.05, 0.1) is 29.8 Å². The summed E-state index contributed by atoms with van der Waals surface area (Å²) in [6.07, 6.45) is 1.82. The van der Waals surface area contributed by atoms with Crippen molar-refractivity contribution in [1.29, 1.82) is 0 Å². The van der Waals surface area contributed by atoms with Crippen LogP contribution in [0.5, 0.6) is 5.75 Å². The maximum atomic E-state index is 12.8. The highest BCUT2D eigenvalue weighted by Crippen LogP contribution is 2.23. The maximum absolute atomic E-state index is 12.8. The number of H-pyrrole nitrogens is 1. The number of fused-ring (bicyclic) bond motifs is 2. The van der Waals surface area contributed by atoms with E-state index in [0.29, 0.717) is 29.7 Å². The summed E-state index contributed by atoms with van der Waals surface area (Å²) >= 11 is 0. The molecule has 0 unspecified atom stereocenters. The van der Waals surface area contributed by atoms with E-state index >= 15 is 0 Å². The van der Waals surface area contributed by atoms with E-state index in [9.17, 15) is 4.79 Å². The lowest BCUT2D eigenvalue weighted by Crippen LogP contribution is -2.50. The Labute approximate surface area is 221 Å². The molecule has 0 aliphatic heterocycles. The molecule has 0 radical (unpaired) electrons. The van der Waals surface area contributed by atoms with Crippen LogP contribution in [0.25, 0.3) is 16.7 Å². The van der Waals surface area contributed by atoms with E-state index in [-0.39, 0.29) is 26.5 Å². The minimum absolute atomic E-state index is 0. The zero-order chi connectivity index (χ0) is 25.8. The predicted octanol–water partition coefficient (Wildman–Crippen LogP) is 3.93. The number of hydrogen-bond acceptors (Lipinski definition) is 7. The predicted molar refractivity (Wildman–Crippen MR) is 145 cm³/mol. The first-order chi connectivity index (χ1) is 17.9. The zero-order valence-corrected chi connectivity index (χ0v) is 20.7. The standard InChI is InChI=1S/C27H29N7O3.CH4/c1-27(2,28)26(35)31-21(16-36-15-18-9-4-3-5-10-18)24-32-33-25-22(13-8-14-34(24)25)37-17-23-29-19-11-6-7-12-20(19)30-23;/h3-14,21H,15-17,28H2,1-2H3,(H,29,30)(H,31,35);1H4/t21-;/m1./s1. The molecule has 5 rings (SSSR count). The fourth-order valence-electron chi connectivity index (χ4n) is 3.87. The van der Waals surface area contributed by atoms with E-state index in [2.05, 4.69) is 25.5 Å². The molecule has 0 saturated carbocycles. The second-order valence-electron chi connectivity index (χ2n) is 9.36. The lowest BCUT2D eigenvalue weighted by atomic mass is 10.1. The van der Waals surface area contributed by atoms with E-state index in [4.69, 9.17) is 15.2 Å². The van der Waals surface area contributed by atoms with E-state index in [1.165, 1.54) is 0 Å². The minimum atomic E-state index is -1.07. The third kappa shape index (κ3) is 5.99. The molecule has 10 heteroatoms. The van der Waals surface area contributed by atoms with Crippen molar-refractivity contribution in [1.82, 2.24) is 29.9 Å². The van der Waals surface area contributed by atoms with Crippen molar-refractivity contribution in [3.05, 3.63) is 90.1 Å². The van der Waals surface area contributed by atoms with Crippen LogP contribution in [0.15, 0.2) is 72.9 Å². The van der Waals surface area contributed by atoms with Crippen molar-refractivity contribution in [2.24, 2.45) is 5.73 Å². The van der Waals surface area contributed by atoms with Crippen molar-refractivity contribution in [2.45, 2.75) is 46.1 Å². The third-order valence-electron chi connectivity index (χ3n) is 5.83. The number of imidazole rings is 1. The Bertz CT molecular complexity index is 1470. The number of amides is 1. The van der Waals surface area contributed by atoms with Gasteiger partial charge < -0.3 is 25.5 Å². The molecule has 2 aromatic carbocycles. The molecule has 10 nitrogen and oxygen atoms in total. The van der Waals surface area contributed by atoms with Crippen LogP contribution in [-0.2, 0) is 22.7 Å². The highest BCUT2D eigenvalue weighted by Gasteiger charge is 2.28. The second-order valence-corrected chi connectivity index (χ2v) is 9.36. The van der Waals surface area contributed by atoms with Crippen molar-refractivity contribution < 1.29 is 14.3 Å². The summed E-state index contributed by atoms with van der Waals surface area (Å²) in [5, 5.41) is 11.7. The van der Waals surface area contributed by atoms with Crippen LogP contribution < -0.4 is 15.8 Å². The number of carbonyl (C=O) groups excluding carboxylic acids is 1. The second kappa shape index (κ2) is 11.4. The smallest absolute Gasteiger partial charge is 0.240 e. The van der Waals surface area contributed by atoms with Crippen molar-refractivity contribution in [3.63, 3.8) is 0 Å². The summed E-state index contributed by atoms with van der Waals surface area (Å²) in [4.78, 5) is 20.6. The summed E-state index contributed by atoms with van der Waals surface area (Å²) in [6, 6.07) is 20.7. The van der Waals surface area contributed by atoms with E-state index in [0.717, 1.165) is 16.6 Å². The summed E-state index contributed by atoms with van der Waals surface area (Å²) in [5.74, 6) is 1.42. The topological polar surface area (TPSA) is 132 Å². The van der Waals surface area contributed by atoms with Gasteiger partial charge in [-0.05, 0) is 43.7 Å². The minimum Gasteiger partial charge on any atom is -0.482 e. The molecular weight excluding hydrogens is 482 g/mol. The van der Waals surface area contributed by atoms with Crippen LogP contribution in [-0.4, -0.2) is 42.6 Å². The van der Waals surface area contributed by atoms with Crippen molar-refractivity contribution >= 4 is 22.6 Å². The molecule has 0 fully saturated rings. The van der Waals surface area contributed by atoms with Crippen LogP contribution >= 0.6 is 0 Å². The molecule has 3 heterocycles. The van der Waals surface area contributed by atoms with Gasteiger partial charge in [0.25, 0.3) is 0 Å². The number of aromatic nitrogens is 5. The van der Waals surface area contributed by atoms with Crippen LogP contribution in [0.1, 0.15) is 44.5 Å². The molecule has 0 spiro atoms. The Hall–Kier alpha value is -4.28. The number of hydrogen-bond donors (Lipinski definition) is 3. The van der Waals surface area contributed by atoms with Gasteiger partial charge in [-0.2, -0.15) is 0 Å². The van der Waals surface area contributed by atoms with E-state index < -0.39 is 11.6 Å². The summed E-state index contributed by atoms with van der Waals surface area (Å²) < 4.78 is 13.8. The summed E-state index contributed by atoms with van der Waals surface area (Å²) in [7, 11) is 0. The lowest BCUT2D eigenvalue weighted by molar-refractivity contribution is -0.126. The third-order valence-corrected chi connectivity index (χ3v) is 5.83. The SMILES string of the molecule is C.CC(C)(N)C(=O)N[C@H](COCc1ccccc1)c1nnc2c(OCc3nc4ccccc4[nH]3)cccn12. The monoisotopic (exact) mass is 515 g/mol. The van der Waals surface area contributed by atoms with Crippen LogP contribution in [0.3, 0.4) is 0 Å². The molecule has 38 heavy (non-hydrogen) atoms. The first-order valence-electron chi connectivity index (χ1n) is 12.0. The van der Waals surface area contributed by atoms with Gasteiger partial charge in [-0.25, -0.2) is 4.98 Å². The average molecular weight is 516 g/mol. The molecule has 0 saturated heterocycles. The molecule has 0 aliphatic carbocycles. The first-order valence-corrected chi connectivity index (χ1v) is 12.0. The number of rotatable bonds is 10. The number of nitrogens with zero attached hydrogens (tertiary/aromatic N) is 4. The van der Waals surface area contributed by atoms with Crippen molar-refractivity contribution in [2.75, 3.05) is 6.61 Å². The molecule has 5 aromatic rings. The number of ether oxygens (including phenoxy) is 2. The van der Waals surface area contributed by atoms with Gasteiger partial charge >= 0.3 is 0 Å². The van der Waals surface area contributed by atoms with Crippen LogP contribution in [0.4, 0.5) is 0 Å². The number of benzene rings is 2. The van der Waals surface area contributed by atoms with Gasteiger partial charge in [0.1, 0.15) is 18.5 Å².